The van der Waals surface area contributed by atoms with E-state index in [0.717, 1.165) is 18.2 Å². The van der Waals surface area contributed by atoms with Gasteiger partial charge in [-0.1, -0.05) is 0 Å². The van der Waals surface area contributed by atoms with Crippen molar-refractivity contribution in [2.75, 3.05) is 14.2 Å². The van der Waals surface area contributed by atoms with Gasteiger partial charge in [-0.15, -0.1) is 0 Å². The third kappa shape index (κ3) is 2.30. The van der Waals surface area contributed by atoms with E-state index in [1.165, 1.54) is 7.11 Å². The van der Waals surface area contributed by atoms with E-state index in [1.807, 2.05) is 13.8 Å². The molecular weight excluding hydrogens is 216 g/mol. The fourth-order valence-corrected chi connectivity index (χ4v) is 2.10. The minimum Gasteiger partial charge on any atom is -0.495 e. The second-order valence-corrected chi connectivity index (χ2v) is 4.89. The average Bonchev–Trinajstić information content (AvgIpc) is 2.21. The molecule has 1 aromatic carbocycles. The van der Waals surface area contributed by atoms with E-state index in [4.69, 9.17) is 4.74 Å². The Morgan fingerprint density at radius 1 is 1.07 bits per heavy atom. The third-order valence-corrected chi connectivity index (χ3v) is 3.57. The van der Waals surface area contributed by atoms with E-state index >= 15 is 0 Å². The van der Waals surface area contributed by atoms with Crippen LogP contribution in [0.15, 0.2) is 17.0 Å². The number of hydrogen-bond acceptors (Lipinski definition) is 4. The lowest BCUT2D eigenvalue weighted by Gasteiger charge is -2.10. The Labute approximate surface area is 90.0 Å². The maximum Gasteiger partial charge on any atom is 0.300 e. The van der Waals surface area contributed by atoms with Gasteiger partial charge in [-0.2, -0.15) is 8.42 Å². The first-order valence-electron chi connectivity index (χ1n) is 4.38. The van der Waals surface area contributed by atoms with Gasteiger partial charge in [0.15, 0.2) is 0 Å². The first-order valence-corrected chi connectivity index (χ1v) is 5.79. The fraction of sp³-hybridized carbons (Fsp3) is 0.400. The Balaban J connectivity index is 3.48. The molecule has 0 aliphatic carbocycles. The van der Waals surface area contributed by atoms with Gasteiger partial charge in [0.25, 0.3) is 10.1 Å². The van der Waals surface area contributed by atoms with E-state index in [1.54, 1.807) is 12.1 Å². The van der Waals surface area contributed by atoms with Crippen LogP contribution in [0, 0.1) is 13.8 Å². The number of hydrogen-bond donors (Lipinski definition) is 0. The van der Waals surface area contributed by atoms with Crippen LogP contribution in [0.3, 0.4) is 0 Å². The van der Waals surface area contributed by atoms with Crippen molar-refractivity contribution in [3.63, 3.8) is 0 Å². The molecule has 0 atom stereocenters. The van der Waals surface area contributed by atoms with Gasteiger partial charge in [0.1, 0.15) is 10.6 Å². The molecule has 0 saturated carbocycles. The van der Waals surface area contributed by atoms with Gasteiger partial charge in [0.05, 0.1) is 14.2 Å². The van der Waals surface area contributed by atoms with Crippen LogP contribution in [0.25, 0.3) is 0 Å². The van der Waals surface area contributed by atoms with Gasteiger partial charge in [0, 0.05) is 0 Å². The topological polar surface area (TPSA) is 52.6 Å². The van der Waals surface area contributed by atoms with Crippen LogP contribution in [0.5, 0.6) is 5.75 Å². The zero-order chi connectivity index (χ0) is 11.6. The van der Waals surface area contributed by atoms with E-state index in [0.29, 0.717) is 5.75 Å². The summed E-state index contributed by atoms with van der Waals surface area (Å²) in [6.45, 7) is 3.73. The number of benzene rings is 1. The van der Waals surface area contributed by atoms with Crippen LogP contribution in [0.2, 0.25) is 0 Å². The van der Waals surface area contributed by atoms with Crippen molar-refractivity contribution in [1.29, 1.82) is 0 Å². The van der Waals surface area contributed by atoms with Gasteiger partial charge >= 0.3 is 0 Å². The molecule has 0 N–H and O–H groups in total. The minimum atomic E-state index is -3.71. The minimum absolute atomic E-state index is 0.0654. The molecule has 5 heteroatoms. The second-order valence-electron chi connectivity index (χ2n) is 3.21. The lowest BCUT2D eigenvalue weighted by Crippen LogP contribution is -2.06. The maximum absolute atomic E-state index is 11.5. The summed E-state index contributed by atoms with van der Waals surface area (Å²) in [7, 11) is -1.15. The monoisotopic (exact) mass is 230 g/mol. The summed E-state index contributed by atoms with van der Waals surface area (Å²) in [5.41, 5.74) is 1.85. The fourth-order valence-electron chi connectivity index (χ4n) is 1.21. The van der Waals surface area contributed by atoms with E-state index in [9.17, 15) is 8.42 Å². The smallest absolute Gasteiger partial charge is 0.300 e. The largest absolute Gasteiger partial charge is 0.495 e. The van der Waals surface area contributed by atoms with Gasteiger partial charge in [-0.25, -0.2) is 0 Å². The molecule has 0 aliphatic rings. The van der Waals surface area contributed by atoms with Crippen LogP contribution in [-0.4, -0.2) is 22.6 Å². The van der Waals surface area contributed by atoms with Crippen molar-refractivity contribution in [3.05, 3.63) is 23.3 Å². The Kier molecular flexibility index (Phi) is 3.36. The first kappa shape index (κ1) is 12.0. The molecule has 0 amide bonds. The summed E-state index contributed by atoms with van der Waals surface area (Å²) in [5, 5.41) is 0. The number of ether oxygens (including phenoxy) is 1. The summed E-state index contributed by atoms with van der Waals surface area (Å²) in [6.07, 6.45) is 0. The maximum atomic E-state index is 11.5. The highest BCUT2D eigenvalue weighted by Gasteiger charge is 2.19. The summed E-state index contributed by atoms with van der Waals surface area (Å²) in [4.78, 5) is 0.0654. The molecular formula is C10H14O4S. The molecule has 0 aromatic heterocycles. The molecule has 15 heavy (non-hydrogen) atoms. The Morgan fingerprint density at radius 3 is 2.07 bits per heavy atom. The molecule has 4 nitrogen and oxygen atoms in total. The molecule has 0 fully saturated rings. The first-order chi connectivity index (χ1) is 6.92. The number of aryl methyl sites for hydroxylation is 2. The van der Waals surface area contributed by atoms with Crippen LogP contribution in [0.4, 0.5) is 0 Å². The molecule has 0 spiro atoms. The highest BCUT2D eigenvalue weighted by molar-refractivity contribution is 7.86. The number of rotatable bonds is 3. The summed E-state index contributed by atoms with van der Waals surface area (Å²) in [6, 6.07) is 3.23. The van der Waals surface area contributed by atoms with Crippen LogP contribution in [-0.2, 0) is 14.3 Å². The van der Waals surface area contributed by atoms with Crippen molar-refractivity contribution >= 4 is 10.1 Å². The summed E-state index contributed by atoms with van der Waals surface area (Å²) < 4.78 is 32.5. The zero-order valence-corrected chi connectivity index (χ0v) is 10.0. The standard InChI is InChI=1S/C10H14O4S/c1-7-5-9(13-3)10(6-8(7)2)15(11,12)14-4/h5-6H,1-4H3. The molecule has 1 rings (SSSR count). The van der Waals surface area contributed by atoms with Gasteiger partial charge in [-0.3, -0.25) is 4.18 Å². The van der Waals surface area contributed by atoms with Crippen molar-refractivity contribution in [3.8, 4) is 5.75 Å². The highest BCUT2D eigenvalue weighted by Crippen LogP contribution is 2.28. The lowest BCUT2D eigenvalue weighted by atomic mass is 10.1. The lowest BCUT2D eigenvalue weighted by molar-refractivity contribution is 0.377. The predicted octanol–water partition coefficient (Wildman–Crippen LogP) is 1.65. The van der Waals surface area contributed by atoms with Crippen molar-refractivity contribution in [2.24, 2.45) is 0 Å². The van der Waals surface area contributed by atoms with Crippen molar-refractivity contribution in [1.82, 2.24) is 0 Å². The van der Waals surface area contributed by atoms with Gasteiger partial charge in [-0.05, 0) is 37.1 Å². The van der Waals surface area contributed by atoms with Gasteiger partial charge in [0.2, 0.25) is 0 Å². The van der Waals surface area contributed by atoms with Crippen LogP contribution < -0.4 is 4.74 Å². The SMILES string of the molecule is COc1cc(C)c(C)cc1S(=O)(=O)OC. The van der Waals surface area contributed by atoms with Gasteiger partial charge < -0.3 is 4.74 Å². The third-order valence-electron chi connectivity index (χ3n) is 2.27. The zero-order valence-electron chi connectivity index (χ0n) is 9.20. The molecule has 0 saturated heterocycles. The molecule has 0 unspecified atom stereocenters. The van der Waals surface area contributed by atoms with E-state index < -0.39 is 10.1 Å². The Hall–Kier alpha value is -1.07. The summed E-state index contributed by atoms with van der Waals surface area (Å²) in [5.74, 6) is 0.306. The Morgan fingerprint density at radius 2 is 1.60 bits per heavy atom. The molecule has 0 bridgehead atoms. The molecule has 0 radical (unpaired) electrons. The predicted molar refractivity (Wildman–Crippen MR) is 56.7 cm³/mol. The molecule has 0 aliphatic heterocycles. The normalized spacial score (nSPS) is 11.5. The quantitative estimate of drug-likeness (QED) is 0.741. The second kappa shape index (κ2) is 4.20. The summed E-state index contributed by atoms with van der Waals surface area (Å²) >= 11 is 0. The average molecular weight is 230 g/mol. The van der Waals surface area contributed by atoms with E-state index in [-0.39, 0.29) is 4.90 Å². The molecule has 84 valence electrons. The van der Waals surface area contributed by atoms with Crippen LogP contribution in [0.1, 0.15) is 11.1 Å². The number of methoxy groups -OCH3 is 1. The van der Waals surface area contributed by atoms with Crippen molar-refractivity contribution in [2.45, 2.75) is 18.7 Å². The molecule has 0 heterocycles. The Bertz CT molecular complexity index is 463. The highest BCUT2D eigenvalue weighted by atomic mass is 32.2. The molecule has 1 aromatic rings. The van der Waals surface area contributed by atoms with Crippen molar-refractivity contribution < 1.29 is 17.3 Å². The van der Waals surface area contributed by atoms with E-state index in [2.05, 4.69) is 4.18 Å². The van der Waals surface area contributed by atoms with Crippen LogP contribution >= 0.6 is 0 Å².